The molecule has 0 aliphatic carbocycles. The minimum absolute atomic E-state index is 0.0637. The highest BCUT2D eigenvalue weighted by atomic mass is 19.1. The molecule has 1 saturated heterocycles. The number of carbonyl (C=O) groups excluding carboxylic acids is 1. The molecule has 2 heterocycles. The molecule has 3 rings (SSSR count). The number of nitrogens with zero attached hydrogens (tertiary/aromatic N) is 4. The van der Waals surface area contributed by atoms with Gasteiger partial charge in [-0.1, -0.05) is 12.1 Å². The second-order valence-corrected chi connectivity index (χ2v) is 6.42. The number of benzene rings is 1. The van der Waals surface area contributed by atoms with Crippen molar-refractivity contribution in [3.05, 3.63) is 53.6 Å². The monoisotopic (exact) mass is 360 g/mol. The fourth-order valence-corrected chi connectivity index (χ4v) is 3.01. The molecular formula is C18H21FN4O3. The second kappa shape index (κ2) is 7.65. The van der Waals surface area contributed by atoms with Gasteiger partial charge in [0.2, 0.25) is 5.91 Å². The van der Waals surface area contributed by atoms with Gasteiger partial charge in [0.25, 0.3) is 0 Å². The average Bonchev–Trinajstić information content (AvgIpc) is 3.13. The van der Waals surface area contributed by atoms with Crippen LogP contribution in [0.4, 0.5) is 4.39 Å². The first-order chi connectivity index (χ1) is 12.4. The van der Waals surface area contributed by atoms with Crippen LogP contribution in [0.2, 0.25) is 0 Å². The van der Waals surface area contributed by atoms with Crippen LogP contribution in [0, 0.1) is 5.82 Å². The van der Waals surface area contributed by atoms with E-state index in [1.54, 1.807) is 24.0 Å². The third kappa shape index (κ3) is 4.08. The van der Waals surface area contributed by atoms with Crippen LogP contribution in [0.25, 0.3) is 0 Å². The normalized spacial score (nSPS) is 16.5. The largest absolute Gasteiger partial charge is 0.478 e. The van der Waals surface area contributed by atoms with Crippen LogP contribution in [0.3, 0.4) is 0 Å². The highest BCUT2D eigenvalue weighted by Gasteiger charge is 2.26. The zero-order valence-corrected chi connectivity index (χ0v) is 14.5. The number of carbonyl (C=O) groups is 2. The van der Waals surface area contributed by atoms with Crippen LogP contribution in [-0.4, -0.2) is 62.7 Å². The predicted molar refractivity (Wildman–Crippen MR) is 92.2 cm³/mol. The van der Waals surface area contributed by atoms with Gasteiger partial charge in [-0.15, -0.1) is 0 Å². The Kier molecular flexibility index (Phi) is 5.32. The molecule has 2 aromatic rings. The van der Waals surface area contributed by atoms with Gasteiger partial charge in [0.1, 0.15) is 11.9 Å². The Morgan fingerprint density at radius 3 is 2.42 bits per heavy atom. The molecule has 1 aromatic carbocycles. The molecule has 1 amide bonds. The van der Waals surface area contributed by atoms with Crippen LogP contribution in [0.1, 0.15) is 28.9 Å². The van der Waals surface area contributed by atoms with Crippen molar-refractivity contribution in [1.29, 1.82) is 0 Å². The van der Waals surface area contributed by atoms with E-state index in [4.69, 9.17) is 5.11 Å². The van der Waals surface area contributed by atoms with Gasteiger partial charge in [-0.3, -0.25) is 14.4 Å². The van der Waals surface area contributed by atoms with Gasteiger partial charge >= 0.3 is 5.97 Å². The number of amides is 1. The van der Waals surface area contributed by atoms with Crippen molar-refractivity contribution < 1.29 is 19.1 Å². The van der Waals surface area contributed by atoms with Gasteiger partial charge in [0, 0.05) is 38.9 Å². The number of aromatic nitrogens is 2. The molecule has 1 aromatic heterocycles. The van der Waals surface area contributed by atoms with Crippen molar-refractivity contribution in [3.8, 4) is 0 Å². The Balaban J connectivity index is 1.54. The molecule has 1 aliphatic heterocycles. The van der Waals surface area contributed by atoms with E-state index in [0.717, 1.165) is 25.2 Å². The molecule has 0 bridgehead atoms. The van der Waals surface area contributed by atoms with Crippen LogP contribution in [-0.2, 0) is 11.3 Å². The molecule has 1 unspecified atom stereocenters. The van der Waals surface area contributed by atoms with E-state index in [2.05, 4.69) is 10.00 Å². The zero-order valence-electron chi connectivity index (χ0n) is 14.5. The summed E-state index contributed by atoms with van der Waals surface area (Å²) in [4.78, 5) is 27.6. The van der Waals surface area contributed by atoms with Crippen molar-refractivity contribution >= 4 is 11.9 Å². The fraction of sp³-hybridized carbons (Fsp3) is 0.389. The molecule has 1 aliphatic rings. The summed E-state index contributed by atoms with van der Waals surface area (Å²) in [6, 6.07) is 5.89. The number of piperazine rings is 1. The zero-order chi connectivity index (χ0) is 18.7. The number of hydrogen-bond donors (Lipinski definition) is 1. The number of carboxylic acid groups (broad SMARTS) is 1. The number of rotatable bonds is 5. The summed E-state index contributed by atoms with van der Waals surface area (Å²) >= 11 is 0. The van der Waals surface area contributed by atoms with E-state index < -0.39 is 12.0 Å². The maximum atomic E-state index is 13.0. The first-order valence-electron chi connectivity index (χ1n) is 8.47. The molecule has 26 heavy (non-hydrogen) atoms. The number of aromatic carboxylic acids is 1. The Labute approximate surface area is 150 Å². The van der Waals surface area contributed by atoms with Crippen molar-refractivity contribution in [1.82, 2.24) is 19.6 Å². The Hall–Kier alpha value is -2.74. The van der Waals surface area contributed by atoms with Crippen LogP contribution < -0.4 is 0 Å². The third-order valence-electron chi connectivity index (χ3n) is 4.61. The number of hydrogen-bond acceptors (Lipinski definition) is 4. The maximum Gasteiger partial charge on any atom is 0.338 e. The minimum atomic E-state index is -1.06. The lowest BCUT2D eigenvalue weighted by Gasteiger charge is -2.36. The molecule has 0 radical (unpaired) electrons. The van der Waals surface area contributed by atoms with Crippen molar-refractivity contribution in [2.45, 2.75) is 19.5 Å². The standard InChI is InChI=1S/C18H21FN4O3/c1-13(23-12-15(10-20-23)18(25)26)17(24)22-8-6-21(7-9-22)11-14-2-4-16(19)5-3-14/h2-5,10,12-13H,6-9,11H2,1H3,(H,25,26). The van der Waals surface area contributed by atoms with E-state index in [0.29, 0.717) is 13.1 Å². The molecule has 138 valence electrons. The molecule has 0 spiro atoms. The Bertz CT molecular complexity index is 782. The fourth-order valence-electron chi connectivity index (χ4n) is 3.01. The summed E-state index contributed by atoms with van der Waals surface area (Å²) in [5.74, 6) is -1.39. The Morgan fingerprint density at radius 2 is 1.85 bits per heavy atom. The van der Waals surface area contributed by atoms with E-state index in [1.165, 1.54) is 29.2 Å². The van der Waals surface area contributed by atoms with Crippen LogP contribution in [0.15, 0.2) is 36.7 Å². The third-order valence-corrected chi connectivity index (χ3v) is 4.61. The summed E-state index contributed by atoms with van der Waals surface area (Å²) < 4.78 is 14.4. The smallest absolute Gasteiger partial charge is 0.338 e. The summed E-state index contributed by atoms with van der Waals surface area (Å²) in [5.41, 5.74) is 1.10. The average molecular weight is 360 g/mol. The van der Waals surface area contributed by atoms with Crippen molar-refractivity contribution in [2.24, 2.45) is 0 Å². The SMILES string of the molecule is CC(C(=O)N1CCN(Cc2ccc(F)cc2)CC1)n1cc(C(=O)O)cn1. The van der Waals surface area contributed by atoms with Gasteiger partial charge in [-0.2, -0.15) is 5.10 Å². The van der Waals surface area contributed by atoms with Crippen LogP contribution >= 0.6 is 0 Å². The highest BCUT2D eigenvalue weighted by Crippen LogP contribution is 2.14. The lowest BCUT2D eigenvalue weighted by Crippen LogP contribution is -2.49. The summed E-state index contributed by atoms with van der Waals surface area (Å²) in [7, 11) is 0. The van der Waals surface area contributed by atoms with Gasteiger partial charge < -0.3 is 10.0 Å². The van der Waals surface area contributed by atoms with Gasteiger partial charge in [-0.05, 0) is 24.6 Å². The van der Waals surface area contributed by atoms with E-state index in [1.807, 2.05) is 0 Å². The second-order valence-electron chi connectivity index (χ2n) is 6.42. The first kappa shape index (κ1) is 18.1. The lowest BCUT2D eigenvalue weighted by molar-refractivity contribution is -0.136. The van der Waals surface area contributed by atoms with Gasteiger partial charge in [0.05, 0.1) is 11.8 Å². The number of halogens is 1. The Morgan fingerprint density at radius 1 is 1.19 bits per heavy atom. The number of carboxylic acids is 1. The van der Waals surface area contributed by atoms with E-state index in [-0.39, 0.29) is 17.3 Å². The van der Waals surface area contributed by atoms with E-state index in [9.17, 15) is 14.0 Å². The van der Waals surface area contributed by atoms with Gasteiger partial charge in [-0.25, -0.2) is 9.18 Å². The minimum Gasteiger partial charge on any atom is -0.478 e. The molecule has 1 N–H and O–H groups in total. The summed E-state index contributed by atoms with van der Waals surface area (Å²) in [5, 5.41) is 12.9. The van der Waals surface area contributed by atoms with Gasteiger partial charge in [0.15, 0.2) is 0 Å². The molecule has 1 fully saturated rings. The summed E-state index contributed by atoms with van der Waals surface area (Å²) in [6.45, 7) is 5.09. The van der Waals surface area contributed by atoms with Crippen LogP contribution in [0.5, 0.6) is 0 Å². The molecule has 1 atom stereocenters. The first-order valence-corrected chi connectivity index (χ1v) is 8.47. The van der Waals surface area contributed by atoms with Crippen molar-refractivity contribution in [2.75, 3.05) is 26.2 Å². The summed E-state index contributed by atoms with van der Waals surface area (Å²) in [6.07, 6.45) is 2.61. The topological polar surface area (TPSA) is 78.7 Å². The molecular weight excluding hydrogens is 339 g/mol. The highest BCUT2D eigenvalue weighted by molar-refractivity contribution is 5.87. The lowest BCUT2D eigenvalue weighted by atomic mass is 10.2. The molecule has 7 nitrogen and oxygen atoms in total. The predicted octanol–water partition coefficient (Wildman–Crippen LogP) is 1.63. The molecule has 8 heteroatoms. The molecule has 0 saturated carbocycles. The quantitative estimate of drug-likeness (QED) is 0.877. The van der Waals surface area contributed by atoms with Crippen molar-refractivity contribution in [3.63, 3.8) is 0 Å². The van der Waals surface area contributed by atoms with E-state index >= 15 is 0 Å². The maximum absolute atomic E-state index is 13.0.